The lowest BCUT2D eigenvalue weighted by molar-refractivity contribution is 0.399. The van der Waals surface area contributed by atoms with Crippen molar-refractivity contribution in [1.29, 1.82) is 10.7 Å². The van der Waals surface area contributed by atoms with Gasteiger partial charge in [0.15, 0.2) is 0 Å². The number of nitriles is 1. The molecule has 0 saturated carbocycles. The van der Waals surface area contributed by atoms with Crippen molar-refractivity contribution in [3.8, 4) is 6.07 Å². The van der Waals surface area contributed by atoms with Crippen molar-refractivity contribution < 1.29 is 0 Å². The highest BCUT2D eigenvalue weighted by atomic mass is 15.2. The van der Waals surface area contributed by atoms with Crippen LogP contribution in [0.3, 0.4) is 0 Å². The molecule has 0 radical (unpaired) electrons. The first kappa shape index (κ1) is 14.7. The van der Waals surface area contributed by atoms with Crippen LogP contribution in [0.25, 0.3) is 0 Å². The lowest BCUT2D eigenvalue weighted by Gasteiger charge is -2.13. The van der Waals surface area contributed by atoms with E-state index in [4.69, 9.17) is 10.7 Å². The van der Waals surface area contributed by atoms with Gasteiger partial charge in [0.1, 0.15) is 0 Å². The lowest BCUT2D eigenvalue weighted by atomic mass is 10.0. The van der Waals surface area contributed by atoms with Crippen LogP contribution in [0.5, 0.6) is 0 Å². The smallest absolute Gasteiger partial charge is 0.0991 e. The number of rotatable bonds is 6. The van der Waals surface area contributed by atoms with E-state index in [1.165, 1.54) is 13.0 Å². The van der Waals surface area contributed by atoms with Crippen LogP contribution >= 0.6 is 0 Å². The van der Waals surface area contributed by atoms with Crippen LogP contribution in [0.15, 0.2) is 24.3 Å². The molecular formula is C16H22N4. The van der Waals surface area contributed by atoms with E-state index in [1.807, 2.05) is 24.3 Å². The van der Waals surface area contributed by atoms with Crippen LogP contribution in [-0.2, 0) is 6.42 Å². The van der Waals surface area contributed by atoms with Gasteiger partial charge in [-0.1, -0.05) is 12.1 Å². The van der Waals surface area contributed by atoms with E-state index in [2.05, 4.69) is 23.3 Å². The minimum Gasteiger partial charge on any atom is -0.312 e. The summed E-state index contributed by atoms with van der Waals surface area (Å²) >= 11 is 0. The van der Waals surface area contributed by atoms with Crippen molar-refractivity contribution in [2.24, 2.45) is 0 Å². The van der Waals surface area contributed by atoms with Gasteiger partial charge in [-0.2, -0.15) is 5.26 Å². The molecule has 0 unspecified atom stereocenters. The van der Waals surface area contributed by atoms with Gasteiger partial charge >= 0.3 is 0 Å². The van der Waals surface area contributed by atoms with Crippen molar-refractivity contribution in [3.05, 3.63) is 35.4 Å². The van der Waals surface area contributed by atoms with Crippen molar-refractivity contribution in [2.45, 2.75) is 25.3 Å². The highest BCUT2D eigenvalue weighted by Gasteiger charge is 2.18. The fraction of sp³-hybridized carbons (Fsp3) is 0.500. The van der Waals surface area contributed by atoms with Gasteiger partial charge in [0, 0.05) is 31.3 Å². The van der Waals surface area contributed by atoms with Crippen LogP contribution in [0.2, 0.25) is 0 Å². The molecule has 1 aromatic rings. The molecule has 0 aliphatic carbocycles. The topological polar surface area (TPSA) is 62.9 Å². The predicted octanol–water partition coefficient (Wildman–Crippen LogP) is 1.80. The van der Waals surface area contributed by atoms with Crippen molar-refractivity contribution in [1.82, 2.24) is 10.2 Å². The molecule has 1 aromatic carbocycles. The maximum Gasteiger partial charge on any atom is 0.0991 e. The Morgan fingerprint density at radius 2 is 2.20 bits per heavy atom. The first-order valence-electron chi connectivity index (χ1n) is 7.14. The minimum absolute atomic E-state index is 0.586. The summed E-state index contributed by atoms with van der Waals surface area (Å²) in [7, 11) is 2.15. The lowest BCUT2D eigenvalue weighted by Crippen LogP contribution is -2.33. The number of benzene rings is 1. The summed E-state index contributed by atoms with van der Waals surface area (Å²) in [5, 5.41) is 20.3. The van der Waals surface area contributed by atoms with Gasteiger partial charge in [0.25, 0.3) is 0 Å². The number of hydrogen-bond donors (Lipinski definition) is 2. The van der Waals surface area contributed by atoms with Gasteiger partial charge in [-0.05, 0) is 44.1 Å². The number of nitrogens with one attached hydrogen (secondary N) is 2. The Morgan fingerprint density at radius 1 is 1.45 bits per heavy atom. The van der Waals surface area contributed by atoms with Crippen LogP contribution in [0.1, 0.15) is 24.0 Å². The maximum atomic E-state index is 8.75. The number of nitrogens with zero attached hydrogens (tertiary/aromatic N) is 2. The van der Waals surface area contributed by atoms with E-state index >= 15 is 0 Å². The van der Waals surface area contributed by atoms with Gasteiger partial charge in [-0.25, -0.2) is 0 Å². The fourth-order valence-corrected chi connectivity index (χ4v) is 2.56. The van der Waals surface area contributed by atoms with Crippen molar-refractivity contribution >= 4 is 5.71 Å². The number of likely N-dealkylation sites (N-methyl/N-ethyl adjacent to an activating group) is 1. The second kappa shape index (κ2) is 7.18. The van der Waals surface area contributed by atoms with Gasteiger partial charge in [-0.3, -0.25) is 0 Å². The summed E-state index contributed by atoms with van der Waals surface area (Å²) in [5.41, 5.74) is 2.52. The molecule has 1 atom stereocenters. The third-order valence-corrected chi connectivity index (χ3v) is 3.75. The first-order valence-corrected chi connectivity index (χ1v) is 7.14. The molecule has 1 saturated heterocycles. The van der Waals surface area contributed by atoms with Crippen LogP contribution in [0.4, 0.5) is 0 Å². The zero-order chi connectivity index (χ0) is 14.4. The average molecular weight is 270 g/mol. The summed E-state index contributed by atoms with van der Waals surface area (Å²) in [6, 6.07) is 10.2. The SMILES string of the molecule is CN1CC[C@H](NCCC(=N)Cc2ccc(C#N)cc2)C1. The Hall–Kier alpha value is -1.70. The Labute approximate surface area is 120 Å². The molecule has 0 bridgehead atoms. The molecular weight excluding hydrogens is 248 g/mol. The third kappa shape index (κ3) is 4.44. The summed E-state index contributed by atoms with van der Waals surface area (Å²) in [4.78, 5) is 2.33. The molecule has 2 N–H and O–H groups in total. The Bertz CT molecular complexity index is 486. The standard InChI is InChI=1S/C16H22N4/c1-20-9-7-16(12-20)19-8-6-15(18)10-13-2-4-14(11-17)5-3-13/h2-5,16,18-19H,6-10,12H2,1H3/t16-/m0/s1. The molecule has 0 aromatic heterocycles. The van der Waals surface area contributed by atoms with E-state index in [0.29, 0.717) is 18.0 Å². The third-order valence-electron chi connectivity index (χ3n) is 3.75. The van der Waals surface area contributed by atoms with E-state index in [9.17, 15) is 0 Å². The summed E-state index contributed by atoms with van der Waals surface area (Å²) in [6.45, 7) is 3.16. The Balaban J connectivity index is 1.68. The molecule has 2 rings (SSSR count). The minimum atomic E-state index is 0.586. The largest absolute Gasteiger partial charge is 0.312 e. The zero-order valence-corrected chi connectivity index (χ0v) is 12.0. The molecule has 1 fully saturated rings. The molecule has 20 heavy (non-hydrogen) atoms. The Kier molecular flexibility index (Phi) is 5.28. The molecule has 0 spiro atoms. The summed E-state index contributed by atoms with van der Waals surface area (Å²) < 4.78 is 0. The maximum absolute atomic E-state index is 8.75. The highest BCUT2D eigenvalue weighted by molar-refractivity contribution is 5.83. The molecule has 106 valence electrons. The molecule has 1 aliphatic heterocycles. The molecule has 4 heteroatoms. The van der Waals surface area contributed by atoms with E-state index < -0.39 is 0 Å². The van der Waals surface area contributed by atoms with E-state index in [1.54, 1.807) is 0 Å². The van der Waals surface area contributed by atoms with Gasteiger partial charge < -0.3 is 15.6 Å². The first-order chi connectivity index (χ1) is 9.67. The van der Waals surface area contributed by atoms with Gasteiger partial charge in [0.2, 0.25) is 0 Å². The fourth-order valence-electron chi connectivity index (χ4n) is 2.56. The summed E-state index contributed by atoms with van der Waals surface area (Å²) in [6.07, 6.45) is 2.68. The zero-order valence-electron chi connectivity index (χ0n) is 12.0. The van der Waals surface area contributed by atoms with Crippen LogP contribution in [0, 0.1) is 16.7 Å². The second-order valence-electron chi connectivity index (χ2n) is 5.54. The molecule has 4 nitrogen and oxygen atoms in total. The molecule has 1 aliphatic rings. The summed E-state index contributed by atoms with van der Waals surface area (Å²) in [5.74, 6) is 0. The van der Waals surface area contributed by atoms with Crippen molar-refractivity contribution in [3.63, 3.8) is 0 Å². The van der Waals surface area contributed by atoms with Gasteiger partial charge in [-0.15, -0.1) is 0 Å². The number of likely N-dealkylation sites (tertiary alicyclic amines) is 1. The van der Waals surface area contributed by atoms with Crippen LogP contribution < -0.4 is 5.32 Å². The normalized spacial score (nSPS) is 18.9. The monoisotopic (exact) mass is 270 g/mol. The van der Waals surface area contributed by atoms with Crippen LogP contribution in [-0.4, -0.2) is 43.3 Å². The van der Waals surface area contributed by atoms with E-state index in [-0.39, 0.29) is 0 Å². The van der Waals surface area contributed by atoms with E-state index in [0.717, 1.165) is 30.8 Å². The quantitative estimate of drug-likeness (QED) is 0.775. The highest BCUT2D eigenvalue weighted by Crippen LogP contribution is 2.07. The number of hydrogen-bond acceptors (Lipinski definition) is 4. The average Bonchev–Trinajstić information content (AvgIpc) is 2.85. The molecule has 1 heterocycles. The van der Waals surface area contributed by atoms with Crippen molar-refractivity contribution in [2.75, 3.05) is 26.7 Å². The van der Waals surface area contributed by atoms with Gasteiger partial charge in [0.05, 0.1) is 11.6 Å². The Morgan fingerprint density at radius 3 is 2.80 bits per heavy atom. The molecule has 0 amide bonds. The second-order valence-corrected chi connectivity index (χ2v) is 5.54. The predicted molar refractivity (Wildman–Crippen MR) is 81.1 cm³/mol.